The Morgan fingerprint density at radius 3 is 2.14 bits per heavy atom. The molecule has 1 heteroatoms. The van der Waals surface area contributed by atoms with Gasteiger partial charge in [0.15, 0.2) is 0 Å². The third kappa shape index (κ3) is 2.38. The van der Waals surface area contributed by atoms with Crippen LogP contribution in [0.4, 0.5) is 0 Å². The second-order valence-corrected chi connectivity index (χ2v) is 2.01. The molecule has 0 saturated carbocycles. The molecule has 0 aliphatic rings. The Balaban J connectivity index is 3.34. The van der Waals surface area contributed by atoms with E-state index in [4.69, 9.17) is 0 Å². The Labute approximate surface area is 45.7 Å². The zero-order valence-corrected chi connectivity index (χ0v) is 5.44. The van der Waals surface area contributed by atoms with Crippen LogP contribution in [0.1, 0.15) is 20.3 Å². The van der Waals surface area contributed by atoms with Crippen molar-refractivity contribution in [1.82, 2.24) is 0 Å². The minimum atomic E-state index is 0.625. The van der Waals surface area contributed by atoms with Crippen molar-refractivity contribution in [2.24, 2.45) is 0 Å². The van der Waals surface area contributed by atoms with Crippen LogP contribution >= 0.6 is 0 Å². The minimum absolute atomic E-state index is 0.625. The van der Waals surface area contributed by atoms with Crippen molar-refractivity contribution in [3.63, 3.8) is 0 Å². The summed E-state index contributed by atoms with van der Waals surface area (Å²) in [6.45, 7) is 8.06. The van der Waals surface area contributed by atoms with E-state index in [9.17, 15) is 0 Å². The van der Waals surface area contributed by atoms with Crippen LogP contribution in [0.25, 0.3) is 0 Å². The van der Waals surface area contributed by atoms with Gasteiger partial charge in [0, 0.05) is 6.42 Å². The van der Waals surface area contributed by atoms with E-state index in [1.165, 1.54) is 6.42 Å². The number of rotatable bonds is 2. The molecule has 0 radical (unpaired) electrons. The molecular formula is C6H14N+. The number of hydrogen-bond donors (Lipinski definition) is 0. The van der Waals surface area contributed by atoms with Gasteiger partial charge in [0.25, 0.3) is 0 Å². The van der Waals surface area contributed by atoms with Crippen LogP contribution in [-0.2, 0) is 0 Å². The van der Waals surface area contributed by atoms with Crippen LogP contribution in [0.3, 0.4) is 0 Å². The highest BCUT2D eigenvalue weighted by molar-refractivity contribution is 5.14. The molecule has 0 aliphatic carbocycles. The monoisotopic (exact) mass is 100 g/mol. The first kappa shape index (κ1) is 6.67. The molecule has 0 bridgehead atoms. The van der Waals surface area contributed by atoms with Gasteiger partial charge < -0.3 is 0 Å². The molecular weight excluding hydrogens is 86.1 g/mol. The van der Waals surface area contributed by atoms with Gasteiger partial charge in [-0.05, 0) is 6.92 Å². The number of hydrogen-bond acceptors (Lipinski definition) is 0. The summed E-state index contributed by atoms with van der Waals surface area (Å²) in [6, 6.07) is 0.625. The van der Waals surface area contributed by atoms with Crippen LogP contribution in [0, 0.1) is 0 Å². The van der Waals surface area contributed by atoms with Crippen LogP contribution in [0.15, 0.2) is 0 Å². The lowest BCUT2D eigenvalue weighted by Crippen LogP contribution is -2.15. The molecule has 0 aromatic rings. The maximum Gasteiger partial charge on any atom is 0.148 e. The van der Waals surface area contributed by atoms with Gasteiger partial charge in [0.05, 0.1) is 0 Å². The highest BCUT2D eigenvalue weighted by atomic mass is 15.0. The predicted molar refractivity (Wildman–Crippen MR) is 33.1 cm³/mol. The van der Waals surface area contributed by atoms with E-state index in [1.54, 1.807) is 0 Å². The molecule has 0 spiro atoms. The first-order valence-corrected chi connectivity index (χ1v) is 2.71. The smallest absolute Gasteiger partial charge is 0.148 e. The standard InChI is InChI=1S/C6H14N/c1-5-6(2)7(3)4/h6H,3,5H2,1-2,4H3/q+1/t6-/m1/s1. The van der Waals surface area contributed by atoms with Crippen molar-refractivity contribution in [3.05, 3.63) is 0 Å². The summed E-state index contributed by atoms with van der Waals surface area (Å²) in [4.78, 5) is 0. The molecule has 7 heavy (non-hydrogen) atoms. The van der Waals surface area contributed by atoms with Gasteiger partial charge >= 0.3 is 0 Å². The summed E-state index contributed by atoms with van der Waals surface area (Å²) in [5, 5.41) is 0. The van der Waals surface area contributed by atoms with Crippen molar-refractivity contribution in [3.8, 4) is 0 Å². The zero-order valence-electron chi connectivity index (χ0n) is 5.44. The quantitative estimate of drug-likeness (QED) is 0.361. The van der Waals surface area contributed by atoms with E-state index in [2.05, 4.69) is 20.6 Å². The highest BCUT2D eigenvalue weighted by Crippen LogP contribution is 1.89. The SMILES string of the molecule is C=[N+](C)[C@H](C)CC. The maximum atomic E-state index is 3.74. The van der Waals surface area contributed by atoms with Crippen LogP contribution < -0.4 is 0 Å². The van der Waals surface area contributed by atoms with Gasteiger partial charge in [-0.2, -0.15) is 0 Å². The molecule has 0 aromatic carbocycles. The fourth-order valence-corrected chi connectivity index (χ4v) is 0.312. The third-order valence-corrected chi connectivity index (χ3v) is 1.34. The van der Waals surface area contributed by atoms with Gasteiger partial charge in [-0.15, -0.1) is 0 Å². The highest BCUT2D eigenvalue weighted by Gasteiger charge is 2.00. The van der Waals surface area contributed by atoms with Crippen molar-refractivity contribution in [1.29, 1.82) is 0 Å². The maximum absolute atomic E-state index is 3.74. The topological polar surface area (TPSA) is 3.01 Å². The average molecular weight is 100 g/mol. The fourth-order valence-electron chi connectivity index (χ4n) is 0.312. The Bertz CT molecular complexity index is 66.6. The lowest BCUT2D eigenvalue weighted by atomic mass is 10.3. The van der Waals surface area contributed by atoms with Crippen LogP contribution in [-0.4, -0.2) is 24.4 Å². The molecule has 0 amide bonds. The lowest BCUT2D eigenvalue weighted by molar-refractivity contribution is -0.526. The van der Waals surface area contributed by atoms with Crippen molar-refractivity contribution < 1.29 is 4.58 Å². The molecule has 0 aliphatic heterocycles. The Morgan fingerprint density at radius 2 is 2.14 bits per heavy atom. The van der Waals surface area contributed by atoms with E-state index in [-0.39, 0.29) is 0 Å². The van der Waals surface area contributed by atoms with E-state index in [0.717, 1.165) is 0 Å². The van der Waals surface area contributed by atoms with E-state index in [1.807, 2.05) is 11.6 Å². The molecule has 0 fully saturated rings. The summed E-state index contributed by atoms with van der Waals surface area (Å²) >= 11 is 0. The Morgan fingerprint density at radius 1 is 1.71 bits per heavy atom. The Kier molecular flexibility index (Phi) is 2.65. The van der Waals surface area contributed by atoms with Gasteiger partial charge in [-0.25, -0.2) is 4.58 Å². The van der Waals surface area contributed by atoms with Crippen molar-refractivity contribution in [2.75, 3.05) is 7.05 Å². The molecule has 0 saturated heterocycles. The molecule has 0 N–H and O–H groups in total. The molecule has 0 aromatic heterocycles. The van der Waals surface area contributed by atoms with Crippen LogP contribution in [0.5, 0.6) is 0 Å². The predicted octanol–water partition coefficient (Wildman–Crippen LogP) is 1.13. The van der Waals surface area contributed by atoms with Crippen molar-refractivity contribution in [2.45, 2.75) is 26.3 Å². The van der Waals surface area contributed by atoms with Gasteiger partial charge in [0.1, 0.15) is 19.8 Å². The molecule has 0 unspecified atom stereocenters. The second-order valence-electron chi connectivity index (χ2n) is 2.01. The summed E-state index contributed by atoms with van der Waals surface area (Å²) in [6.07, 6.45) is 1.18. The average Bonchev–Trinajstić information content (AvgIpc) is 1.65. The lowest BCUT2D eigenvalue weighted by Gasteiger charge is -1.99. The summed E-state index contributed by atoms with van der Waals surface area (Å²) in [5.74, 6) is 0. The zero-order chi connectivity index (χ0) is 5.86. The minimum Gasteiger partial charge on any atom is -0.243 e. The Hall–Kier alpha value is -0.330. The van der Waals surface area contributed by atoms with E-state index >= 15 is 0 Å². The third-order valence-electron chi connectivity index (χ3n) is 1.34. The van der Waals surface area contributed by atoms with Gasteiger partial charge in [-0.1, -0.05) is 6.92 Å². The van der Waals surface area contributed by atoms with Gasteiger partial charge in [0.2, 0.25) is 0 Å². The summed E-state index contributed by atoms with van der Waals surface area (Å²) < 4.78 is 1.97. The number of nitrogens with zero attached hydrogens (tertiary/aromatic N) is 1. The van der Waals surface area contributed by atoms with Gasteiger partial charge in [-0.3, -0.25) is 0 Å². The summed E-state index contributed by atoms with van der Waals surface area (Å²) in [7, 11) is 1.99. The van der Waals surface area contributed by atoms with Crippen molar-refractivity contribution >= 4 is 6.72 Å². The largest absolute Gasteiger partial charge is 0.243 e. The van der Waals surface area contributed by atoms with Crippen LogP contribution in [0.2, 0.25) is 0 Å². The van der Waals surface area contributed by atoms with E-state index in [0.29, 0.717) is 6.04 Å². The molecule has 1 nitrogen and oxygen atoms in total. The first-order chi connectivity index (χ1) is 3.18. The first-order valence-electron chi connectivity index (χ1n) is 2.71. The van der Waals surface area contributed by atoms with E-state index < -0.39 is 0 Å². The normalized spacial score (nSPS) is 13.6. The molecule has 0 rings (SSSR count). The summed E-state index contributed by atoms with van der Waals surface area (Å²) in [5.41, 5.74) is 0. The fraction of sp³-hybridized carbons (Fsp3) is 0.833. The molecule has 1 atom stereocenters. The molecule has 0 heterocycles. The second kappa shape index (κ2) is 2.78. The molecule has 42 valence electrons.